The molecule has 2 saturated heterocycles. The van der Waals surface area contributed by atoms with Gasteiger partial charge in [0.2, 0.25) is 5.88 Å². The normalized spacial score (nSPS) is 26.3. The molecule has 4 aliphatic heterocycles. The Morgan fingerprint density at radius 2 is 2.09 bits per heavy atom. The van der Waals surface area contributed by atoms with Crippen LogP contribution in [0.15, 0.2) is 54.0 Å². The summed E-state index contributed by atoms with van der Waals surface area (Å²) in [6.07, 6.45) is 12.5. The van der Waals surface area contributed by atoms with Gasteiger partial charge in [0.05, 0.1) is 42.1 Å². The molecule has 8 nitrogen and oxygen atoms in total. The summed E-state index contributed by atoms with van der Waals surface area (Å²) in [4.78, 5) is 12.0. The van der Waals surface area contributed by atoms with Crippen LogP contribution in [0, 0.1) is 0 Å². The molecule has 0 aliphatic carbocycles. The largest absolute Gasteiger partial charge is 0.481 e. The number of fused-ring (bicyclic) bond motifs is 4. The molecular weight excluding hydrogens is 448 g/mol. The zero-order valence-corrected chi connectivity index (χ0v) is 20.3. The molecule has 0 spiro atoms. The van der Waals surface area contributed by atoms with Crippen LogP contribution in [-0.2, 0) is 0 Å². The summed E-state index contributed by atoms with van der Waals surface area (Å²) in [5.74, 6) is 1.49. The number of hydrogen-bond donors (Lipinski definition) is 3. The standard InChI is InChI=1S/C25H30N6O2S/c1-15(32)21-12-23(28-22-5-6-24(33-2)29-25(21)22)31-18-3-4-19(31)11-17(10-18)26-13-16-7-8-30-20(9-16)14-27-34-30/h5-9,12,14-15,17-19,26-27,32H,3-4,10-11,13H2,1-2H3. The van der Waals surface area contributed by atoms with Gasteiger partial charge in [0.1, 0.15) is 5.82 Å². The molecule has 178 valence electrons. The Morgan fingerprint density at radius 3 is 2.85 bits per heavy atom. The van der Waals surface area contributed by atoms with Gasteiger partial charge in [-0.25, -0.2) is 9.97 Å². The van der Waals surface area contributed by atoms with Crippen molar-refractivity contribution >= 4 is 29.0 Å². The van der Waals surface area contributed by atoms with E-state index in [2.05, 4.69) is 42.6 Å². The molecule has 0 radical (unpaired) electrons. The molecule has 4 aliphatic rings. The maximum absolute atomic E-state index is 10.5. The first kappa shape index (κ1) is 21.8. The van der Waals surface area contributed by atoms with Crippen molar-refractivity contribution in [3.63, 3.8) is 0 Å². The van der Waals surface area contributed by atoms with Crippen LogP contribution in [0.3, 0.4) is 0 Å². The summed E-state index contributed by atoms with van der Waals surface area (Å²) in [7, 11) is 1.60. The van der Waals surface area contributed by atoms with E-state index >= 15 is 0 Å². The lowest BCUT2D eigenvalue weighted by molar-refractivity contribution is 0.200. The number of hydrogen-bond acceptors (Lipinski definition) is 9. The summed E-state index contributed by atoms with van der Waals surface area (Å²) < 4.78 is 10.6. The number of aromatic nitrogens is 2. The molecule has 9 heteroatoms. The van der Waals surface area contributed by atoms with Crippen LogP contribution < -0.4 is 19.7 Å². The van der Waals surface area contributed by atoms with E-state index in [1.807, 2.05) is 24.4 Å². The molecule has 3 N–H and O–H groups in total. The van der Waals surface area contributed by atoms with Gasteiger partial charge in [-0.15, -0.1) is 0 Å². The van der Waals surface area contributed by atoms with Gasteiger partial charge in [0, 0.05) is 48.7 Å². The van der Waals surface area contributed by atoms with Crippen molar-refractivity contribution in [3.8, 4) is 5.88 Å². The molecule has 2 bridgehead atoms. The summed E-state index contributed by atoms with van der Waals surface area (Å²) in [5.41, 5.74) is 4.82. The number of allylic oxidation sites excluding steroid dienone is 1. The number of rotatable bonds is 6. The lowest BCUT2D eigenvalue weighted by atomic mass is 9.96. The first-order chi connectivity index (χ1) is 16.6. The quantitative estimate of drug-likeness (QED) is 0.540. The molecule has 34 heavy (non-hydrogen) atoms. The number of aliphatic hydroxyl groups excluding tert-OH is 1. The van der Waals surface area contributed by atoms with Crippen LogP contribution in [0.1, 0.15) is 44.3 Å². The predicted octanol–water partition coefficient (Wildman–Crippen LogP) is 3.54. The van der Waals surface area contributed by atoms with Gasteiger partial charge in [0.15, 0.2) is 0 Å². The number of methoxy groups -OCH3 is 1. The number of pyridine rings is 2. The van der Waals surface area contributed by atoms with Gasteiger partial charge >= 0.3 is 0 Å². The maximum Gasteiger partial charge on any atom is 0.213 e. The predicted molar refractivity (Wildman–Crippen MR) is 135 cm³/mol. The van der Waals surface area contributed by atoms with E-state index in [0.29, 0.717) is 29.5 Å². The van der Waals surface area contributed by atoms with E-state index in [4.69, 9.17) is 9.72 Å². The highest BCUT2D eigenvalue weighted by Crippen LogP contribution is 2.40. The lowest BCUT2D eigenvalue weighted by Crippen LogP contribution is -2.50. The Hall–Kier alpha value is -2.75. The van der Waals surface area contributed by atoms with E-state index in [-0.39, 0.29) is 0 Å². The van der Waals surface area contributed by atoms with Crippen molar-refractivity contribution in [1.82, 2.24) is 24.3 Å². The Balaban J connectivity index is 1.19. The van der Waals surface area contributed by atoms with E-state index in [1.54, 1.807) is 26.2 Å². The number of anilines is 1. The lowest BCUT2D eigenvalue weighted by Gasteiger charge is -2.40. The molecule has 3 atom stereocenters. The van der Waals surface area contributed by atoms with Crippen molar-refractivity contribution in [2.45, 2.75) is 56.8 Å². The summed E-state index contributed by atoms with van der Waals surface area (Å²) in [5, 5.41) is 14.3. The second-order valence-electron chi connectivity index (χ2n) is 9.45. The topological polar surface area (TPSA) is 85.8 Å². The number of piperidine rings is 1. The molecule has 2 fully saturated rings. The minimum atomic E-state index is -0.628. The SMILES string of the molecule is COc1ccc2nc(N3C4CCC3CC(NCC3=CC5=CNSN5C=C3)C4)cc(C(C)O)c2n1. The highest BCUT2D eigenvalue weighted by Gasteiger charge is 2.41. The minimum Gasteiger partial charge on any atom is -0.481 e. The van der Waals surface area contributed by atoms with Gasteiger partial charge < -0.3 is 24.8 Å². The first-order valence-electron chi connectivity index (χ1n) is 11.9. The Bertz CT molecular complexity index is 1180. The maximum atomic E-state index is 10.5. The van der Waals surface area contributed by atoms with Crippen LogP contribution >= 0.6 is 12.1 Å². The first-order valence-corrected chi connectivity index (χ1v) is 12.7. The van der Waals surface area contributed by atoms with Crippen molar-refractivity contribution in [1.29, 1.82) is 0 Å². The number of ether oxygens (including phenoxy) is 1. The summed E-state index contributed by atoms with van der Waals surface area (Å²) in [6.45, 7) is 2.67. The van der Waals surface area contributed by atoms with E-state index < -0.39 is 6.10 Å². The van der Waals surface area contributed by atoms with Gasteiger partial charge in [-0.05, 0) is 62.5 Å². The molecule has 0 aromatic carbocycles. The molecular formula is C25H30N6O2S. The highest BCUT2D eigenvalue weighted by atomic mass is 32.2. The second kappa shape index (κ2) is 8.79. The third-order valence-electron chi connectivity index (χ3n) is 7.26. The second-order valence-corrected chi connectivity index (χ2v) is 10.3. The fraction of sp³-hybridized carbons (Fsp3) is 0.440. The smallest absolute Gasteiger partial charge is 0.213 e. The van der Waals surface area contributed by atoms with Gasteiger partial charge in [0.25, 0.3) is 0 Å². The van der Waals surface area contributed by atoms with Crippen LogP contribution in [0.2, 0.25) is 0 Å². The molecule has 0 saturated carbocycles. The number of nitrogens with one attached hydrogen (secondary N) is 2. The summed E-state index contributed by atoms with van der Waals surface area (Å²) in [6, 6.07) is 7.21. The molecule has 2 aromatic rings. The third-order valence-corrected chi connectivity index (χ3v) is 8.02. The van der Waals surface area contributed by atoms with E-state index in [9.17, 15) is 5.11 Å². The van der Waals surface area contributed by atoms with E-state index in [0.717, 1.165) is 36.3 Å². The van der Waals surface area contributed by atoms with Crippen LogP contribution in [-0.4, -0.2) is 51.2 Å². The number of aliphatic hydroxyl groups is 1. The van der Waals surface area contributed by atoms with Gasteiger partial charge in [-0.3, -0.25) is 4.31 Å². The van der Waals surface area contributed by atoms with Crippen molar-refractivity contribution in [3.05, 3.63) is 59.6 Å². The Labute approximate surface area is 204 Å². The number of nitrogens with zero attached hydrogens (tertiary/aromatic N) is 4. The zero-order chi connectivity index (χ0) is 23.2. The monoisotopic (exact) mass is 478 g/mol. The molecule has 0 amide bonds. The van der Waals surface area contributed by atoms with Crippen molar-refractivity contribution < 1.29 is 9.84 Å². The fourth-order valence-corrected chi connectivity index (χ4v) is 6.26. The van der Waals surface area contributed by atoms with E-state index in [1.165, 1.54) is 24.1 Å². The summed E-state index contributed by atoms with van der Waals surface area (Å²) >= 11 is 1.59. The zero-order valence-electron chi connectivity index (χ0n) is 19.4. The Kier molecular flexibility index (Phi) is 5.63. The van der Waals surface area contributed by atoms with Crippen LogP contribution in [0.25, 0.3) is 11.0 Å². The highest BCUT2D eigenvalue weighted by molar-refractivity contribution is 7.95. The van der Waals surface area contributed by atoms with Crippen molar-refractivity contribution in [2.75, 3.05) is 18.6 Å². The average Bonchev–Trinajstić information content (AvgIpc) is 3.42. The molecule has 6 heterocycles. The van der Waals surface area contributed by atoms with Gasteiger partial charge in [-0.1, -0.05) is 0 Å². The van der Waals surface area contributed by atoms with Crippen LogP contribution in [0.4, 0.5) is 5.82 Å². The molecule has 3 unspecified atom stereocenters. The van der Waals surface area contributed by atoms with Crippen molar-refractivity contribution in [2.24, 2.45) is 0 Å². The Morgan fingerprint density at radius 1 is 1.26 bits per heavy atom. The van der Waals surface area contributed by atoms with Gasteiger partial charge in [-0.2, -0.15) is 0 Å². The van der Waals surface area contributed by atoms with Crippen LogP contribution in [0.5, 0.6) is 5.88 Å². The molecule has 6 rings (SSSR count). The molecule has 2 aromatic heterocycles. The average molecular weight is 479 g/mol. The minimum absolute atomic E-state index is 0.457. The third kappa shape index (κ3) is 3.91. The fourth-order valence-electron chi connectivity index (χ4n) is 5.64.